The molecule has 0 saturated heterocycles. The maximum atomic E-state index is 11.9. The molecule has 1 aromatic carbocycles. The first-order valence-electron chi connectivity index (χ1n) is 6.85. The van der Waals surface area contributed by atoms with Crippen LogP contribution in [0.3, 0.4) is 0 Å². The van der Waals surface area contributed by atoms with Gasteiger partial charge in [0, 0.05) is 5.56 Å². The topological polar surface area (TPSA) is 78.3 Å². The summed E-state index contributed by atoms with van der Waals surface area (Å²) < 4.78 is 14.9. The van der Waals surface area contributed by atoms with Crippen LogP contribution in [0.2, 0.25) is 0 Å². The molecule has 0 aliphatic rings. The number of carbonyl (C=O) groups is 2. The van der Waals surface area contributed by atoms with Gasteiger partial charge in [0.1, 0.15) is 6.54 Å². The van der Waals surface area contributed by atoms with Crippen molar-refractivity contribution in [2.75, 3.05) is 28.4 Å². The van der Waals surface area contributed by atoms with Gasteiger partial charge >= 0.3 is 6.09 Å². The summed E-state index contributed by atoms with van der Waals surface area (Å²) in [5, 5.41) is 2.17. The van der Waals surface area contributed by atoms with E-state index >= 15 is 0 Å². The predicted octanol–water partition coefficient (Wildman–Crippen LogP) is -0.0104. The SMILES string of the molecule is COC(=O)NC(=O)[C@H](C)[NH+](C)Cc1ccc(OC)c(OC)c1. The molecule has 0 bridgehead atoms. The van der Waals surface area contributed by atoms with Crippen molar-refractivity contribution in [3.8, 4) is 11.5 Å². The molecule has 122 valence electrons. The summed E-state index contributed by atoms with van der Waals surface area (Å²) in [6.07, 6.45) is -0.754. The van der Waals surface area contributed by atoms with Gasteiger partial charge in [0.15, 0.2) is 17.5 Å². The third kappa shape index (κ3) is 4.63. The number of benzene rings is 1. The van der Waals surface area contributed by atoms with E-state index in [1.54, 1.807) is 21.1 Å². The van der Waals surface area contributed by atoms with Gasteiger partial charge in [0.05, 0.1) is 28.4 Å². The standard InChI is InChI=1S/C15H22N2O5/c1-10(14(18)16-15(19)22-5)17(2)9-11-6-7-12(20-3)13(8-11)21-4/h6-8,10H,9H2,1-5H3,(H,16,18,19)/p+1/t10-/m0/s1. The van der Waals surface area contributed by atoms with Crippen LogP contribution < -0.4 is 19.7 Å². The van der Waals surface area contributed by atoms with E-state index in [9.17, 15) is 9.59 Å². The first kappa shape index (κ1) is 17.8. The lowest BCUT2D eigenvalue weighted by molar-refractivity contribution is -0.908. The number of hydrogen-bond donors (Lipinski definition) is 2. The quantitative estimate of drug-likeness (QED) is 0.772. The summed E-state index contributed by atoms with van der Waals surface area (Å²) in [5.74, 6) is 0.907. The smallest absolute Gasteiger partial charge is 0.413 e. The lowest BCUT2D eigenvalue weighted by atomic mass is 10.1. The highest BCUT2D eigenvalue weighted by Crippen LogP contribution is 2.27. The van der Waals surface area contributed by atoms with Crippen molar-refractivity contribution >= 4 is 12.0 Å². The molecule has 0 aromatic heterocycles. The molecule has 1 aromatic rings. The van der Waals surface area contributed by atoms with Crippen LogP contribution in [-0.2, 0) is 16.1 Å². The molecule has 0 heterocycles. The maximum absolute atomic E-state index is 11.9. The number of ether oxygens (including phenoxy) is 3. The second-order valence-electron chi connectivity index (χ2n) is 4.91. The Labute approximate surface area is 130 Å². The number of rotatable bonds is 6. The Morgan fingerprint density at radius 1 is 1.18 bits per heavy atom. The fourth-order valence-electron chi connectivity index (χ4n) is 1.95. The lowest BCUT2D eigenvalue weighted by Crippen LogP contribution is -3.12. The zero-order valence-corrected chi connectivity index (χ0v) is 13.6. The molecule has 2 atom stereocenters. The van der Waals surface area contributed by atoms with Gasteiger partial charge in [-0.15, -0.1) is 0 Å². The highest BCUT2D eigenvalue weighted by Gasteiger charge is 2.24. The molecule has 1 unspecified atom stereocenters. The number of hydrogen-bond acceptors (Lipinski definition) is 5. The van der Waals surface area contributed by atoms with E-state index < -0.39 is 12.1 Å². The molecule has 1 rings (SSSR count). The fourth-order valence-corrected chi connectivity index (χ4v) is 1.95. The highest BCUT2D eigenvalue weighted by molar-refractivity contribution is 5.93. The normalized spacial score (nSPS) is 13.0. The van der Waals surface area contributed by atoms with Crippen LogP contribution in [0.15, 0.2) is 18.2 Å². The first-order valence-corrected chi connectivity index (χ1v) is 6.85. The Bertz CT molecular complexity index is 533. The van der Waals surface area contributed by atoms with E-state index in [-0.39, 0.29) is 5.91 Å². The summed E-state index contributed by atoms with van der Waals surface area (Å²) in [6.45, 7) is 2.34. The van der Waals surface area contributed by atoms with Crippen LogP contribution in [0.5, 0.6) is 11.5 Å². The molecule has 2 N–H and O–H groups in total. The third-order valence-corrected chi connectivity index (χ3v) is 3.47. The molecule has 7 heteroatoms. The number of amides is 2. The second-order valence-corrected chi connectivity index (χ2v) is 4.91. The van der Waals surface area contributed by atoms with Crippen LogP contribution in [0.1, 0.15) is 12.5 Å². The number of carbonyl (C=O) groups excluding carboxylic acids is 2. The zero-order valence-electron chi connectivity index (χ0n) is 13.6. The van der Waals surface area contributed by atoms with Crippen molar-refractivity contribution in [1.29, 1.82) is 0 Å². The molecular formula is C15H23N2O5+. The summed E-state index contributed by atoms with van der Waals surface area (Å²) in [7, 11) is 6.24. The Hall–Kier alpha value is -2.28. The molecule has 7 nitrogen and oxygen atoms in total. The van der Waals surface area contributed by atoms with Gasteiger partial charge in [-0.2, -0.15) is 0 Å². The number of imide groups is 1. The van der Waals surface area contributed by atoms with Crippen molar-refractivity contribution in [2.45, 2.75) is 19.5 Å². The Morgan fingerprint density at radius 3 is 2.36 bits per heavy atom. The maximum Gasteiger partial charge on any atom is 0.413 e. The van der Waals surface area contributed by atoms with E-state index in [1.165, 1.54) is 7.11 Å². The molecule has 2 amide bonds. The van der Waals surface area contributed by atoms with Gasteiger partial charge < -0.3 is 19.1 Å². The summed E-state index contributed by atoms with van der Waals surface area (Å²) >= 11 is 0. The van der Waals surface area contributed by atoms with Gasteiger partial charge in [0.25, 0.3) is 5.91 Å². The second kappa shape index (κ2) is 8.23. The van der Waals surface area contributed by atoms with E-state index in [0.717, 1.165) is 10.5 Å². The van der Waals surface area contributed by atoms with Crippen molar-refractivity contribution in [2.24, 2.45) is 0 Å². The van der Waals surface area contributed by atoms with Crippen molar-refractivity contribution < 1.29 is 28.7 Å². The molecule has 0 saturated carbocycles. The van der Waals surface area contributed by atoms with Gasteiger partial charge in [-0.25, -0.2) is 4.79 Å². The number of quaternary nitrogens is 1. The molecule has 0 aliphatic carbocycles. The molecular weight excluding hydrogens is 288 g/mol. The monoisotopic (exact) mass is 311 g/mol. The Kier molecular flexibility index (Phi) is 6.65. The summed E-state index contributed by atoms with van der Waals surface area (Å²) in [5.41, 5.74) is 0.993. The summed E-state index contributed by atoms with van der Waals surface area (Å²) in [4.78, 5) is 23.9. The average Bonchev–Trinajstić information content (AvgIpc) is 2.53. The highest BCUT2D eigenvalue weighted by atomic mass is 16.5. The van der Waals surface area contributed by atoms with Crippen LogP contribution in [-0.4, -0.2) is 46.4 Å². The first-order chi connectivity index (χ1) is 10.4. The van der Waals surface area contributed by atoms with Crippen molar-refractivity contribution in [1.82, 2.24) is 5.32 Å². The lowest BCUT2D eigenvalue weighted by Gasteiger charge is -2.21. The molecule has 22 heavy (non-hydrogen) atoms. The fraction of sp³-hybridized carbons (Fsp3) is 0.467. The number of alkyl carbamates (subject to hydrolysis) is 1. The van der Waals surface area contributed by atoms with Gasteiger partial charge in [-0.1, -0.05) is 0 Å². The van der Waals surface area contributed by atoms with Gasteiger partial charge in [-0.05, 0) is 25.1 Å². The number of nitrogens with one attached hydrogen (secondary N) is 2. The molecule has 0 aliphatic heterocycles. The van der Waals surface area contributed by atoms with Crippen molar-refractivity contribution in [3.63, 3.8) is 0 Å². The minimum atomic E-state index is -0.754. The molecule has 0 fully saturated rings. The third-order valence-electron chi connectivity index (χ3n) is 3.47. The minimum Gasteiger partial charge on any atom is -0.493 e. The van der Waals surface area contributed by atoms with Crippen LogP contribution >= 0.6 is 0 Å². The van der Waals surface area contributed by atoms with E-state index in [4.69, 9.17) is 9.47 Å². The van der Waals surface area contributed by atoms with Crippen LogP contribution in [0.4, 0.5) is 4.79 Å². The number of methoxy groups -OCH3 is 3. The van der Waals surface area contributed by atoms with Gasteiger partial charge in [-0.3, -0.25) is 10.1 Å². The van der Waals surface area contributed by atoms with E-state index in [1.807, 2.05) is 25.2 Å². The predicted molar refractivity (Wildman–Crippen MR) is 80.1 cm³/mol. The average molecular weight is 311 g/mol. The largest absolute Gasteiger partial charge is 0.493 e. The summed E-state index contributed by atoms with van der Waals surface area (Å²) in [6, 6.07) is 5.19. The van der Waals surface area contributed by atoms with Crippen LogP contribution in [0, 0.1) is 0 Å². The minimum absolute atomic E-state index is 0.384. The van der Waals surface area contributed by atoms with Crippen LogP contribution in [0.25, 0.3) is 0 Å². The molecule has 0 radical (unpaired) electrons. The Balaban J connectivity index is 2.73. The van der Waals surface area contributed by atoms with Gasteiger partial charge in [0.2, 0.25) is 0 Å². The van der Waals surface area contributed by atoms with E-state index in [0.29, 0.717) is 18.0 Å². The van der Waals surface area contributed by atoms with E-state index in [2.05, 4.69) is 10.1 Å². The van der Waals surface area contributed by atoms with Crippen molar-refractivity contribution in [3.05, 3.63) is 23.8 Å². The number of likely N-dealkylation sites (N-methyl/N-ethyl adjacent to an activating group) is 1. The Morgan fingerprint density at radius 2 is 1.82 bits per heavy atom. The zero-order chi connectivity index (χ0) is 16.7. The molecule has 0 spiro atoms.